The largest absolute Gasteiger partial charge is 0.406 e. The maximum atomic E-state index is 11.5. The van der Waals surface area contributed by atoms with Gasteiger partial charge in [0.25, 0.3) is 0 Å². The van der Waals surface area contributed by atoms with Crippen molar-refractivity contribution in [3.8, 4) is 0 Å². The highest BCUT2D eigenvalue weighted by molar-refractivity contribution is 5.80. The summed E-state index contributed by atoms with van der Waals surface area (Å²) >= 11 is 0. The highest BCUT2D eigenvalue weighted by atomic mass is 16.4. The van der Waals surface area contributed by atoms with Crippen LogP contribution in [0.15, 0.2) is 4.42 Å². The SMILES string of the molecule is CCCNC(C)c1nnc(N(C)CC(=O)NCC)o1. The number of carbonyl (C=O) groups is 1. The molecule has 1 rings (SSSR count). The maximum absolute atomic E-state index is 11.5. The predicted octanol–water partition coefficient (Wildman–Crippen LogP) is 0.702. The van der Waals surface area contributed by atoms with Crippen LogP contribution in [0.25, 0.3) is 0 Å². The molecule has 1 aromatic heterocycles. The number of carbonyl (C=O) groups excluding carboxylic acids is 1. The minimum atomic E-state index is -0.0677. The van der Waals surface area contributed by atoms with E-state index < -0.39 is 0 Å². The molecule has 0 fully saturated rings. The topological polar surface area (TPSA) is 83.3 Å². The van der Waals surface area contributed by atoms with Crippen LogP contribution in [-0.4, -0.2) is 42.8 Å². The molecule has 0 saturated heterocycles. The third-order valence-electron chi connectivity index (χ3n) is 2.58. The Balaban J connectivity index is 2.55. The summed E-state index contributed by atoms with van der Waals surface area (Å²) < 4.78 is 5.54. The molecule has 0 spiro atoms. The van der Waals surface area contributed by atoms with Crippen molar-refractivity contribution in [1.29, 1.82) is 0 Å². The van der Waals surface area contributed by atoms with E-state index in [0.717, 1.165) is 13.0 Å². The van der Waals surface area contributed by atoms with E-state index in [0.29, 0.717) is 18.5 Å². The molecule has 1 aromatic rings. The van der Waals surface area contributed by atoms with Gasteiger partial charge in [-0.3, -0.25) is 4.79 Å². The van der Waals surface area contributed by atoms with Crippen LogP contribution < -0.4 is 15.5 Å². The van der Waals surface area contributed by atoms with Crippen LogP contribution in [0.2, 0.25) is 0 Å². The van der Waals surface area contributed by atoms with Crippen LogP contribution in [0, 0.1) is 0 Å². The summed E-state index contributed by atoms with van der Waals surface area (Å²) in [6, 6.07) is 0.366. The van der Waals surface area contributed by atoms with E-state index in [9.17, 15) is 4.79 Å². The Morgan fingerprint density at radius 1 is 1.42 bits per heavy atom. The fraction of sp³-hybridized carbons (Fsp3) is 0.750. The van der Waals surface area contributed by atoms with Crippen molar-refractivity contribution in [2.24, 2.45) is 0 Å². The summed E-state index contributed by atoms with van der Waals surface area (Å²) in [5, 5.41) is 13.9. The molecule has 0 aliphatic carbocycles. The van der Waals surface area contributed by atoms with Crippen molar-refractivity contribution in [1.82, 2.24) is 20.8 Å². The van der Waals surface area contributed by atoms with Crippen LogP contribution in [-0.2, 0) is 4.79 Å². The molecule has 0 saturated carbocycles. The molecule has 0 aromatic carbocycles. The smallest absolute Gasteiger partial charge is 0.318 e. The number of aromatic nitrogens is 2. The number of likely N-dealkylation sites (N-methyl/N-ethyl adjacent to an activating group) is 2. The van der Waals surface area contributed by atoms with E-state index in [1.807, 2.05) is 13.8 Å². The van der Waals surface area contributed by atoms with Crippen LogP contribution >= 0.6 is 0 Å². The molecule has 108 valence electrons. The fourth-order valence-electron chi connectivity index (χ4n) is 1.54. The maximum Gasteiger partial charge on any atom is 0.318 e. The first-order valence-electron chi connectivity index (χ1n) is 6.63. The molecule has 7 nitrogen and oxygen atoms in total. The lowest BCUT2D eigenvalue weighted by Gasteiger charge is -2.13. The van der Waals surface area contributed by atoms with E-state index in [2.05, 4.69) is 27.8 Å². The summed E-state index contributed by atoms with van der Waals surface area (Å²) in [7, 11) is 1.75. The molecule has 1 amide bonds. The second-order valence-electron chi connectivity index (χ2n) is 4.41. The summed E-state index contributed by atoms with van der Waals surface area (Å²) in [6.07, 6.45) is 1.04. The zero-order valence-electron chi connectivity index (χ0n) is 12.1. The number of nitrogens with one attached hydrogen (secondary N) is 2. The van der Waals surface area contributed by atoms with E-state index in [1.165, 1.54) is 0 Å². The van der Waals surface area contributed by atoms with Gasteiger partial charge < -0.3 is 20.0 Å². The minimum absolute atomic E-state index is 0.0130. The molecule has 0 aliphatic heterocycles. The Hall–Kier alpha value is -1.63. The average Bonchev–Trinajstić information content (AvgIpc) is 2.85. The normalized spacial score (nSPS) is 12.2. The van der Waals surface area contributed by atoms with E-state index in [1.54, 1.807) is 11.9 Å². The molecule has 1 unspecified atom stereocenters. The number of hydrogen-bond donors (Lipinski definition) is 2. The van der Waals surface area contributed by atoms with Gasteiger partial charge in [0.2, 0.25) is 11.8 Å². The highest BCUT2D eigenvalue weighted by Gasteiger charge is 2.16. The van der Waals surface area contributed by atoms with Gasteiger partial charge in [-0.15, -0.1) is 5.10 Å². The lowest BCUT2D eigenvalue weighted by atomic mass is 10.3. The number of nitrogens with zero attached hydrogens (tertiary/aromatic N) is 3. The monoisotopic (exact) mass is 269 g/mol. The van der Waals surface area contributed by atoms with Gasteiger partial charge in [-0.2, -0.15) is 0 Å². The lowest BCUT2D eigenvalue weighted by molar-refractivity contribution is -0.119. The molecule has 0 bridgehead atoms. The Bertz CT molecular complexity index is 393. The summed E-state index contributed by atoms with van der Waals surface area (Å²) in [5.41, 5.74) is 0. The van der Waals surface area contributed by atoms with Crippen LogP contribution in [0.1, 0.15) is 39.1 Å². The van der Waals surface area contributed by atoms with Gasteiger partial charge in [0.1, 0.15) is 6.54 Å². The Morgan fingerprint density at radius 3 is 2.79 bits per heavy atom. The summed E-state index contributed by atoms with van der Waals surface area (Å²) in [5.74, 6) is 0.466. The molecule has 19 heavy (non-hydrogen) atoms. The Labute approximate surface area is 113 Å². The Kier molecular flexibility index (Phi) is 6.27. The molecule has 1 heterocycles. The highest BCUT2D eigenvalue weighted by Crippen LogP contribution is 2.15. The second-order valence-corrected chi connectivity index (χ2v) is 4.41. The summed E-state index contributed by atoms with van der Waals surface area (Å²) in [4.78, 5) is 13.1. The lowest BCUT2D eigenvalue weighted by Crippen LogP contribution is -2.35. The zero-order chi connectivity index (χ0) is 14.3. The van der Waals surface area contributed by atoms with E-state index in [-0.39, 0.29) is 18.5 Å². The number of hydrogen-bond acceptors (Lipinski definition) is 6. The van der Waals surface area contributed by atoms with Gasteiger partial charge >= 0.3 is 6.01 Å². The number of rotatable bonds is 8. The number of anilines is 1. The zero-order valence-corrected chi connectivity index (χ0v) is 12.1. The van der Waals surface area contributed by atoms with Gasteiger partial charge in [0.15, 0.2) is 0 Å². The van der Waals surface area contributed by atoms with Crippen molar-refractivity contribution in [3.05, 3.63) is 5.89 Å². The fourth-order valence-corrected chi connectivity index (χ4v) is 1.54. The molecule has 0 aliphatic rings. The third kappa shape index (κ3) is 4.86. The first-order chi connectivity index (χ1) is 9.08. The molecular formula is C12H23N5O2. The predicted molar refractivity (Wildman–Crippen MR) is 73.0 cm³/mol. The molecular weight excluding hydrogens is 246 g/mol. The average molecular weight is 269 g/mol. The standard InChI is InChI=1S/C12H23N5O2/c1-5-7-14-9(3)11-15-16-12(19-11)17(4)8-10(18)13-6-2/h9,14H,5-8H2,1-4H3,(H,13,18). The van der Waals surface area contributed by atoms with Crippen molar-refractivity contribution >= 4 is 11.9 Å². The molecule has 7 heteroatoms. The van der Waals surface area contributed by atoms with Crippen LogP contribution in [0.4, 0.5) is 6.01 Å². The molecule has 0 radical (unpaired) electrons. The van der Waals surface area contributed by atoms with Gasteiger partial charge in [-0.1, -0.05) is 12.0 Å². The van der Waals surface area contributed by atoms with Crippen LogP contribution in [0.3, 0.4) is 0 Å². The van der Waals surface area contributed by atoms with E-state index >= 15 is 0 Å². The van der Waals surface area contributed by atoms with Gasteiger partial charge in [0, 0.05) is 13.6 Å². The van der Waals surface area contributed by atoms with Gasteiger partial charge in [-0.25, -0.2) is 0 Å². The molecule has 1 atom stereocenters. The Morgan fingerprint density at radius 2 is 2.16 bits per heavy atom. The number of amides is 1. The van der Waals surface area contributed by atoms with Crippen molar-refractivity contribution in [3.63, 3.8) is 0 Å². The quantitative estimate of drug-likeness (QED) is 0.723. The van der Waals surface area contributed by atoms with Crippen molar-refractivity contribution in [2.75, 3.05) is 31.6 Å². The molecule has 2 N–H and O–H groups in total. The van der Waals surface area contributed by atoms with Crippen molar-refractivity contribution in [2.45, 2.75) is 33.2 Å². The van der Waals surface area contributed by atoms with Gasteiger partial charge in [0.05, 0.1) is 6.04 Å². The first kappa shape index (κ1) is 15.4. The third-order valence-corrected chi connectivity index (χ3v) is 2.58. The van der Waals surface area contributed by atoms with Crippen LogP contribution in [0.5, 0.6) is 0 Å². The first-order valence-corrected chi connectivity index (χ1v) is 6.63. The van der Waals surface area contributed by atoms with Gasteiger partial charge in [-0.05, 0) is 26.8 Å². The minimum Gasteiger partial charge on any atom is -0.406 e. The second kappa shape index (κ2) is 7.73. The van der Waals surface area contributed by atoms with Crippen molar-refractivity contribution < 1.29 is 9.21 Å². The van der Waals surface area contributed by atoms with E-state index in [4.69, 9.17) is 4.42 Å². The summed E-state index contributed by atoms with van der Waals surface area (Å²) in [6.45, 7) is 7.65.